The van der Waals surface area contributed by atoms with E-state index in [9.17, 15) is 9.59 Å². The molecule has 6 heteroatoms. The number of anilines is 1. The third-order valence-electron chi connectivity index (χ3n) is 4.51. The van der Waals surface area contributed by atoms with Gasteiger partial charge in [-0.3, -0.25) is 14.5 Å². The van der Waals surface area contributed by atoms with Crippen LogP contribution in [-0.4, -0.2) is 54.3 Å². The second kappa shape index (κ2) is 9.18. The lowest BCUT2D eigenvalue weighted by atomic mass is 9.95. The van der Waals surface area contributed by atoms with Crippen LogP contribution >= 0.6 is 15.9 Å². The second-order valence-electron chi connectivity index (χ2n) is 6.12. The molecule has 1 fully saturated rings. The van der Waals surface area contributed by atoms with Gasteiger partial charge < -0.3 is 10.2 Å². The molecule has 2 amide bonds. The molecule has 1 aromatic carbocycles. The maximum absolute atomic E-state index is 12.4. The summed E-state index contributed by atoms with van der Waals surface area (Å²) in [5.74, 6) is 0.362. The number of hydrogen-bond donors (Lipinski definition) is 1. The molecule has 0 bridgehead atoms. The highest BCUT2D eigenvalue weighted by Gasteiger charge is 2.28. The highest BCUT2D eigenvalue weighted by Crippen LogP contribution is 2.20. The summed E-state index contributed by atoms with van der Waals surface area (Å²) in [6.07, 6.45) is 1.67. The molecule has 0 radical (unpaired) electrons. The number of piperidine rings is 1. The largest absolute Gasteiger partial charge is 0.343 e. The van der Waals surface area contributed by atoms with Crippen molar-refractivity contribution in [3.8, 4) is 0 Å². The molecule has 0 spiro atoms. The molecule has 1 aliphatic heterocycles. The Balaban J connectivity index is 1.77. The standard InChI is InChI=1S/C18H26BrN3O2/c1-3-22(4-2)18(24)14-9-11-21(12-10-14)13-17(23)20-16-7-5-15(19)6-8-16/h5-8,14H,3-4,9-13H2,1-2H3,(H,20,23). The summed E-state index contributed by atoms with van der Waals surface area (Å²) in [5.41, 5.74) is 0.801. The number of amides is 2. The lowest BCUT2D eigenvalue weighted by Gasteiger charge is -2.33. The molecular formula is C18H26BrN3O2. The van der Waals surface area contributed by atoms with Crippen LogP contribution in [0.3, 0.4) is 0 Å². The lowest BCUT2D eigenvalue weighted by Crippen LogP contribution is -2.44. The van der Waals surface area contributed by atoms with Crippen molar-refractivity contribution in [1.82, 2.24) is 9.80 Å². The molecule has 1 aromatic rings. The number of halogens is 1. The highest BCUT2D eigenvalue weighted by atomic mass is 79.9. The minimum atomic E-state index is -0.00848. The van der Waals surface area contributed by atoms with Crippen LogP contribution in [0, 0.1) is 5.92 Å². The Morgan fingerprint density at radius 1 is 1.17 bits per heavy atom. The first-order valence-electron chi connectivity index (χ1n) is 8.60. The van der Waals surface area contributed by atoms with E-state index < -0.39 is 0 Å². The predicted molar refractivity (Wildman–Crippen MR) is 99.9 cm³/mol. The summed E-state index contributed by atoms with van der Waals surface area (Å²) in [5, 5.41) is 2.91. The average molecular weight is 396 g/mol. The Kier molecular flexibility index (Phi) is 7.24. The molecule has 0 atom stereocenters. The van der Waals surface area contributed by atoms with Crippen molar-refractivity contribution in [2.75, 3.05) is 38.0 Å². The van der Waals surface area contributed by atoms with Crippen LogP contribution in [0.1, 0.15) is 26.7 Å². The number of carbonyl (C=O) groups excluding carboxylic acids is 2. The van der Waals surface area contributed by atoms with Crippen molar-refractivity contribution >= 4 is 33.4 Å². The molecule has 0 saturated carbocycles. The quantitative estimate of drug-likeness (QED) is 0.805. The smallest absolute Gasteiger partial charge is 0.238 e. The van der Waals surface area contributed by atoms with Crippen molar-refractivity contribution in [1.29, 1.82) is 0 Å². The third-order valence-corrected chi connectivity index (χ3v) is 5.04. The molecule has 0 unspecified atom stereocenters. The van der Waals surface area contributed by atoms with E-state index in [0.717, 1.165) is 49.2 Å². The molecular weight excluding hydrogens is 370 g/mol. The minimum Gasteiger partial charge on any atom is -0.343 e. The normalized spacial score (nSPS) is 16.0. The second-order valence-corrected chi connectivity index (χ2v) is 7.03. The van der Waals surface area contributed by atoms with Gasteiger partial charge in [-0.25, -0.2) is 0 Å². The van der Waals surface area contributed by atoms with Crippen molar-refractivity contribution in [3.63, 3.8) is 0 Å². The summed E-state index contributed by atoms with van der Waals surface area (Å²) in [6, 6.07) is 7.55. The summed E-state index contributed by atoms with van der Waals surface area (Å²) in [4.78, 5) is 28.6. The first-order valence-corrected chi connectivity index (χ1v) is 9.39. The maximum Gasteiger partial charge on any atom is 0.238 e. The maximum atomic E-state index is 12.4. The van der Waals surface area contributed by atoms with Gasteiger partial charge >= 0.3 is 0 Å². The Bertz CT molecular complexity index is 550. The predicted octanol–water partition coefficient (Wildman–Crippen LogP) is 2.97. The fourth-order valence-corrected chi connectivity index (χ4v) is 3.33. The lowest BCUT2D eigenvalue weighted by molar-refractivity contribution is -0.136. The zero-order valence-electron chi connectivity index (χ0n) is 14.4. The van der Waals surface area contributed by atoms with Gasteiger partial charge in [0.1, 0.15) is 0 Å². The first kappa shape index (κ1) is 18.9. The van der Waals surface area contributed by atoms with Crippen LogP contribution in [0.5, 0.6) is 0 Å². The van der Waals surface area contributed by atoms with E-state index >= 15 is 0 Å². The van der Waals surface area contributed by atoms with Crippen LogP contribution < -0.4 is 5.32 Å². The van der Waals surface area contributed by atoms with Crippen LogP contribution in [0.2, 0.25) is 0 Å². The number of rotatable bonds is 6. The van der Waals surface area contributed by atoms with Crippen molar-refractivity contribution in [2.24, 2.45) is 5.92 Å². The van der Waals surface area contributed by atoms with E-state index in [1.807, 2.05) is 43.0 Å². The zero-order valence-corrected chi connectivity index (χ0v) is 16.0. The van der Waals surface area contributed by atoms with Gasteiger partial charge in [0.05, 0.1) is 6.54 Å². The van der Waals surface area contributed by atoms with E-state index in [1.54, 1.807) is 0 Å². The highest BCUT2D eigenvalue weighted by molar-refractivity contribution is 9.10. The summed E-state index contributed by atoms with van der Waals surface area (Å²) < 4.78 is 0.987. The van der Waals surface area contributed by atoms with Crippen molar-refractivity contribution < 1.29 is 9.59 Å². The number of nitrogens with one attached hydrogen (secondary N) is 1. The van der Waals surface area contributed by atoms with Crippen LogP contribution in [0.25, 0.3) is 0 Å². The fourth-order valence-electron chi connectivity index (χ4n) is 3.07. The summed E-state index contributed by atoms with van der Waals surface area (Å²) in [7, 11) is 0. The summed E-state index contributed by atoms with van der Waals surface area (Å²) in [6.45, 7) is 7.54. The molecule has 0 aliphatic carbocycles. The van der Waals surface area contributed by atoms with Gasteiger partial charge in [0.25, 0.3) is 0 Å². The number of carbonyl (C=O) groups is 2. The molecule has 24 heavy (non-hydrogen) atoms. The molecule has 1 saturated heterocycles. The first-order chi connectivity index (χ1) is 11.5. The van der Waals surface area contributed by atoms with Gasteiger partial charge in [0.2, 0.25) is 11.8 Å². The average Bonchev–Trinajstić information content (AvgIpc) is 2.58. The van der Waals surface area contributed by atoms with Crippen molar-refractivity contribution in [2.45, 2.75) is 26.7 Å². The van der Waals surface area contributed by atoms with Crippen LogP contribution in [0.4, 0.5) is 5.69 Å². The van der Waals surface area contributed by atoms with Crippen LogP contribution in [0.15, 0.2) is 28.7 Å². The van der Waals surface area contributed by atoms with Crippen molar-refractivity contribution in [3.05, 3.63) is 28.7 Å². The number of nitrogens with zero attached hydrogens (tertiary/aromatic N) is 2. The molecule has 0 aromatic heterocycles. The summed E-state index contributed by atoms with van der Waals surface area (Å²) >= 11 is 3.38. The van der Waals surface area contributed by atoms with Gasteiger partial charge in [-0.05, 0) is 64.0 Å². The van der Waals surface area contributed by atoms with Gasteiger partial charge in [-0.1, -0.05) is 15.9 Å². The molecule has 132 valence electrons. The Labute approximate surface area is 152 Å². The van der Waals surface area contributed by atoms with E-state index in [4.69, 9.17) is 0 Å². The number of likely N-dealkylation sites (tertiary alicyclic amines) is 1. The van der Waals surface area contributed by atoms with E-state index in [2.05, 4.69) is 26.1 Å². The fraction of sp³-hybridized carbons (Fsp3) is 0.556. The van der Waals surface area contributed by atoms with Gasteiger partial charge in [0.15, 0.2) is 0 Å². The van der Waals surface area contributed by atoms with E-state index in [0.29, 0.717) is 6.54 Å². The van der Waals surface area contributed by atoms with Gasteiger partial charge in [-0.2, -0.15) is 0 Å². The van der Waals surface area contributed by atoms with E-state index in [-0.39, 0.29) is 17.7 Å². The Morgan fingerprint density at radius 3 is 2.29 bits per heavy atom. The minimum absolute atomic E-state index is 0.00848. The van der Waals surface area contributed by atoms with Gasteiger partial charge in [0, 0.05) is 29.2 Å². The molecule has 2 rings (SSSR count). The monoisotopic (exact) mass is 395 g/mol. The molecule has 1 heterocycles. The topological polar surface area (TPSA) is 52.7 Å². The Morgan fingerprint density at radius 2 is 1.75 bits per heavy atom. The zero-order chi connectivity index (χ0) is 17.5. The molecule has 5 nitrogen and oxygen atoms in total. The SMILES string of the molecule is CCN(CC)C(=O)C1CCN(CC(=O)Nc2ccc(Br)cc2)CC1. The third kappa shape index (κ3) is 5.31. The van der Waals surface area contributed by atoms with Gasteiger partial charge in [-0.15, -0.1) is 0 Å². The van der Waals surface area contributed by atoms with Crippen LogP contribution in [-0.2, 0) is 9.59 Å². The molecule has 1 N–H and O–H groups in total. The number of benzene rings is 1. The number of hydrogen-bond acceptors (Lipinski definition) is 3. The Hall–Kier alpha value is -1.40. The van der Waals surface area contributed by atoms with E-state index in [1.165, 1.54) is 0 Å². The molecule has 1 aliphatic rings.